The van der Waals surface area contributed by atoms with E-state index in [-0.39, 0.29) is 25.4 Å². The van der Waals surface area contributed by atoms with Crippen molar-refractivity contribution in [2.45, 2.75) is 12.6 Å². The number of hydrogen-bond donors (Lipinski definition) is 2. The molecule has 0 radical (unpaired) electrons. The fraction of sp³-hybridized carbons (Fsp3) is 1.00. The Balaban J connectivity index is 3.58. The van der Waals surface area contributed by atoms with Gasteiger partial charge < -0.3 is 10.5 Å². The van der Waals surface area contributed by atoms with Gasteiger partial charge in [0.05, 0.1) is 12.4 Å². The first-order valence-corrected chi connectivity index (χ1v) is 6.24. The van der Waals surface area contributed by atoms with Gasteiger partial charge in [-0.25, -0.2) is 13.1 Å². The number of alkyl halides is 3. The summed E-state index contributed by atoms with van der Waals surface area (Å²) in [6.07, 6.45) is -4.09. The lowest BCUT2D eigenvalue weighted by atomic mass is 10.5. The van der Waals surface area contributed by atoms with E-state index in [1.54, 1.807) is 0 Å². The third kappa shape index (κ3) is 10.1. The SMILES string of the molecule is NCCCS(=O)(=O)NCCOCC(F)(F)F. The Bertz CT molecular complexity index is 279. The minimum Gasteiger partial charge on any atom is -0.371 e. The van der Waals surface area contributed by atoms with Gasteiger partial charge in [-0.2, -0.15) is 13.2 Å². The molecule has 0 atom stereocenters. The second kappa shape index (κ2) is 7.05. The van der Waals surface area contributed by atoms with E-state index in [2.05, 4.69) is 9.46 Å². The topological polar surface area (TPSA) is 81.4 Å². The quantitative estimate of drug-likeness (QED) is 0.597. The van der Waals surface area contributed by atoms with Crippen LogP contribution in [0.25, 0.3) is 0 Å². The van der Waals surface area contributed by atoms with Gasteiger partial charge in [0.25, 0.3) is 0 Å². The van der Waals surface area contributed by atoms with Crippen LogP contribution in [-0.2, 0) is 14.8 Å². The van der Waals surface area contributed by atoms with Gasteiger partial charge in [-0.3, -0.25) is 0 Å². The molecule has 9 heteroatoms. The molecule has 0 unspecified atom stereocenters. The van der Waals surface area contributed by atoms with Crippen LogP contribution in [-0.4, -0.2) is 46.7 Å². The highest BCUT2D eigenvalue weighted by Gasteiger charge is 2.27. The predicted molar refractivity (Wildman–Crippen MR) is 52.3 cm³/mol. The Kier molecular flexibility index (Phi) is 6.88. The molecule has 0 aliphatic heterocycles. The van der Waals surface area contributed by atoms with Crippen molar-refractivity contribution in [3.63, 3.8) is 0 Å². The zero-order chi connectivity index (χ0) is 12.7. The zero-order valence-electron chi connectivity index (χ0n) is 8.59. The Morgan fingerprint density at radius 1 is 1.31 bits per heavy atom. The van der Waals surface area contributed by atoms with Gasteiger partial charge >= 0.3 is 6.18 Å². The van der Waals surface area contributed by atoms with Crippen LogP contribution in [0.15, 0.2) is 0 Å². The van der Waals surface area contributed by atoms with Crippen molar-refractivity contribution < 1.29 is 26.3 Å². The molecular formula is C7H15F3N2O3S. The molecule has 5 nitrogen and oxygen atoms in total. The molecule has 0 aromatic rings. The Hall–Kier alpha value is -0.380. The van der Waals surface area contributed by atoms with Gasteiger partial charge in [0.1, 0.15) is 6.61 Å². The highest BCUT2D eigenvalue weighted by atomic mass is 32.2. The number of rotatable bonds is 8. The number of sulfonamides is 1. The first-order chi connectivity index (χ1) is 7.27. The maximum atomic E-state index is 11.6. The highest BCUT2D eigenvalue weighted by molar-refractivity contribution is 7.89. The number of nitrogens with one attached hydrogen (secondary N) is 1. The smallest absolute Gasteiger partial charge is 0.371 e. The first-order valence-electron chi connectivity index (χ1n) is 4.59. The Morgan fingerprint density at radius 2 is 1.94 bits per heavy atom. The van der Waals surface area contributed by atoms with Crippen LogP contribution in [0.5, 0.6) is 0 Å². The van der Waals surface area contributed by atoms with Crippen molar-refractivity contribution in [3.05, 3.63) is 0 Å². The molecule has 98 valence electrons. The van der Waals surface area contributed by atoms with E-state index >= 15 is 0 Å². The largest absolute Gasteiger partial charge is 0.411 e. The molecule has 0 amide bonds. The summed E-state index contributed by atoms with van der Waals surface area (Å²) in [5.74, 6) is -0.136. The molecule has 0 rings (SSSR count). The lowest BCUT2D eigenvalue weighted by Crippen LogP contribution is -2.31. The molecule has 0 saturated carbocycles. The molecule has 0 aliphatic rings. The van der Waals surface area contributed by atoms with Gasteiger partial charge in [-0.1, -0.05) is 0 Å². The lowest BCUT2D eigenvalue weighted by Gasteiger charge is -2.08. The van der Waals surface area contributed by atoms with Crippen molar-refractivity contribution in [1.82, 2.24) is 4.72 Å². The van der Waals surface area contributed by atoms with E-state index in [0.29, 0.717) is 6.42 Å². The molecule has 0 heterocycles. The number of nitrogens with two attached hydrogens (primary N) is 1. The summed E-state index contributed by atoms with van der Waals surface area (Å²) in [6, 6.07) is 0. The van der Waals surface area contributed by atoms with Crippen LogP contribution in [0.2, 0.25) is 0 Å². The third-order valence-corrected chi connectivity index (χ3v) is 2.92. The second-order valence-corrected chi connectivity index (χ2v) is 4.95. The molecular weight excluding hydrogens is 249 g/mol. The molecule has 0 aliphatic carbocycles. The summed E-state index contributed by atoms with van der Waals surface area (Å²) in [7, 11) is -3.45. The fourth-order valence-corrected chi connectivity index (χ4v) is 1.89. The third-order valence-electron chi connectivity index (χ3n) is 1.45. The Morgan fingerprint density at radius 3 is 2.44 bits per heavy atom. The van der Waals surface area contributed by atoms with E-state index in [9.17, 15) is 21.6 Å². The van der Waals surface area contributed by atoms with Gasteiger partial charge in [-0.15, -0.1) is 0 Å². The summed E-state index contributed by atoms with van der Waals surface area (Å²) < 4.78 is 63.4. The minimum atomic E-state index is -4.39. The summed E-state index contributed by atoms with van der Waals surface area (Å²) in [4.78, 5) is 0. The standard InChI is InChI=1S/C7H15F3N2O3S/c8-7(9,10)6-15-4-3-12-16(13,14)5-1-2-11/h12H,1-6,11H2. The van der Waals surface area contributed by atoms with Crippen LogP contribution >= 0.6 is 0 Å². The van der Waals surface area contributed by atoms with E-state index < -0.39 is 22.8 Å². The molecule has 0 spiro atoms. The van der Waals surface area contributed by atoms with Crippen molar-refractivity contribution in [2.24, 2.45) is 5.73 Å². The normalized spacial score (nSPS) is 13.0. The zero-order valence-corrected chi connectivity index (χ0v) is 9.40. The van der Waals surface area contributed by atoms with Gasteiger partial charge in [-0.05, 0) is 13.0 Å². The van der Waals surface area contributed by atoms with Gasteiger partial charge in [0.15, 0.2) is 0 Å². The summed E-state index contributed by atoms with van der Waals surface area (Å²) in [5.41, 5.74) is 5.12. The van der Waals surface area contributed by atoms with Crippen LogP contribution in [0.4, 0.5) is 13.2 Å². The predicted octanol–water partition coefficient (Wildman–Crippen LogP) is -0.167. The highest BCUT2D eigenvalue weighted by Crippen LogP contribution is 2.13. The summed E-state index contributed by atoms with van der Waals surface area (Å²) >= 11 is 0. The lowest BCUT2D eigenvalue weighted by molar-refractivity contribution is -0.173. The van der Waals surface area contributed by atoms with E-state index in [1.165, 1.54) is 0 Å². The molecule has 0 bridgehead atoms. The maximum Gasteiger partial charge on any atom is 0.411 e. The molecule has 0 saturated heterocycles. The maximum absolute atomic E-state index is 11.6. The first kappa shape index (κ1) is 15.6. The van der Waals surface area contributed by atoms with E-state index in [1.807, 2.05) is 0 Å². The van der Waals surface area contributed by atoms with Gasteiger partial charge in [0, 0.05) is 6.54 Å². The minimum absolute atomic E-state index is 0.136. The summed E-state index contributed by atoms with van der Waals surface area (Å²) in [5, 5.41) is 0. The Labute approximate surface area is 92.2 Å². The van der Waals surface area contributed by atoms with Crippen molar-refractivity contribution in [1.29, 1.82) is 0 Å². The van der Waals surface area contributed by atoms with Crippen LogP contribution in [0.3, 0.4) is 0 Å². The second-order valence-electron chi connectivity index (χ2n) is 3.02. The number of halogens is 3. The van der Waals surface area contributed by atoms with Crippen LogP contribution < -0.4 is 10.5 Å². The van der Waals surface area contributed by atoms with Crippen molar-refractivity contribution >= 4 is 10.0 Å². The molecule has 16 heavy (non-hydrogen) atoms. The average Bonchev–Trinajstić information content (AvgIpc) is 2.12. The monoisotopic (exact) mass is 264 g/mol. The molecule has 3 N–H and O–H groups in total. The molecule has 0 aromatic carbocycles. The van der Waals surface area contributed by atoms with E-state index in [4.69, 9.17) is 5.73 Å². The molecule has 0 fully saturated rings. The summed E-state index contributed by atoms with van der Waals surface area (Å²) in [6.45, 7) is -1.63. The average molecular weight is 264 g/mol. The van der Waals surface area contributed by atoms with Crippen molar-refractivity contribution in [2.75, 3.05) is 32.1 Å². The number of hydrogen-bond acceptors (Lipinski definition) is 4. The fourth-order valence-electron chi connectivity index (χ4n) is 0.803. The molecule has 0 aromatic heterocycles. The van der Waals surface area contributed by atoms with E-state index in [0.717, 1.165) is 0 Å². The van der Waals surface area contributed by atoms with Crippen LogP contribution in [0.1, 0.15) is 6.42 Å². The van der Waals surface area contributed by atoms with Gasteiger partial charge in [0.2, 0.25) is 10.0 Å². The number of ether oxygens (including phenoxy) is 1. The van der Waals surface area contributed by atoms with Crippen molar-refractivity contribution in [3.8, 4) is 0 Å². The van der Waals surface area contributed by atoms with Crippen LogP contribution in [0, 0.1) is 0 Å².